The molecular weight excluding hydrogens is 535 g/mol. The van der Waals surface area contributed by atoms with E-state index in [4.69, 9.17) is 19.1 Å². The lowest BCUT2D eigenvalue weighted by molar-refractivity contribution is -0.858. The van der Waals surface area contributed by atoms with E-state index in [0.29, 0.717) is 16.3 Å². The van der Waals surface area contributed by atoms with Crippen LogP contribution >= 0.6 is 0 Å². The molecule has 1 aromatic heterocycles. The van der Waals surface area contributed by atoms with Gasteiger partial charge >= 0.3 is 6.69 Å². The van der Waals surface area contributed by atoms with E-state index in [0.717, 1.165) is 34.4 Å². The molecule has 4 aromatic rings. The summed E-state index contributed by atoms with van der Waals surface area (Å²) in [5.74, 6) is 1.86. The Morgan fingerprint density at radius 3 is 2.28 bits per heavy atom. The van der Waals surface area contributed by atoms with E-state index in [1.54, 1.807) is 13.4 Å². The third-order valence-corrected chi connectivity index (χ3v) is 9.32. The minimum Gasteiger partial charge on any atom is -0.618 e. The number of methoxy groups -OCH3 is 1. The Hall–Kier alpha value is -4.27. The van der Waals surface area contributed by atoms with Gasteiger partial charge in [0, 0.05) is 23.9 Å². The summed E-state index contributed by atoms with van der Waals surface area (Å²) in [6, 6.07) is 28.7. The number of rotatable bonds is 8. The van der Waals surface area contributed by atoms with Gasteiger partial charge in [0.2, 0.25) is 5.90 Å². The van der Waals surface area contributed by atoms with Crippen molar-refractivity contribution in [2.45, 2.75) is 44.2 Å². The topological polar surface area (TPSA) is 65.8 Å². The quantitative estimate of drug-likeness (QED) is 0.233. The van der Waals surface area contributed by atoms with Gasteiger partial charge in [0.1, 0.15) is 24.2 Å². The number of hydrogen-bond acceptors (Lipinski definition) is 6. The lowest BCUT2D eigenvalue weighted by Gasteiger charge is -2.46. The maximum atomic E-state index is 7.33. The lowest BCUT2D eigenvalue weighted by Crippen LogP contribution is -2.71. The number of aromatic nitrogens is 2. The summed E-state index contributed by atoms with van der Waals surface area (Å²) in [5.41, 5.74) is 3.95. The zero-order valence-electron chi connectivity index (χ0n) is 24.5. The minimum absolute atomic E-state index is 0.152. The molecular formula is C35H37BN4O3. The van der Waals surface area contributed by atoms with E-state index in [2.05, 4.69) is 70.7 Å². The second-order valence-electron chi connectivity index (χ2n) is 11.9. The van der Waals surface area contributed by atoms with Crippen molar-refractivity contribution in [3.05, 3.63) is 126 Å². The molecule has 218 valence electrons. The van der Waals surface area contributed by atoms with Crippen LogP contribution in [0.1, 0.15) is 54.9 Å². The monoisotopic (exact) mass is 572 g/mol. The number of hydrogen-bond donors (Lipinski definition) is 0. The number of fused-ring (bicyclic) bond motifs is 1. The van der Waals surface area contributed by atoms with Crippen LogP contribution < -0.4 is 10.2 Å². The third kappa shape index (κ3) is 5.04. The lowest BCUT2D eigenvalue weighted by atomic mass is 9.61. The molecule has 1 saturated carbocycles. The van der Waals surface area contributed by atoms with Crippen molar-refractivity contribution in [2.24, 2.45) is 11.0 Å². The molecule has 0 spiro atoms. The van der Waals surface area contributed by atoms with E-state index in [1.165, 1.54) is 32.1 Å². The average molecular weight is 573 g/mol. The second kappa shape index (κ2) is 11.8. The van der Waals surface area contributed by atoms with Crippen molar-refractivity contribution in [1.29, 1.82) is 0 Å². The van der Waals surface area contributed by atoms with Crippen LogP contribution in [0.15, 0.2) is 115 Å². The zero-order chi connectivity index (χ0) is 29.1. The first-order valence-electron chi connectivity index (χ1n) is 15.4. The molecule has 0 radical (unpaired) electrons. The Bertz CT molecular complexity index is 1580. The summed E-state index contributed by atoms with van der Waals surface area (Å²) >= 11 is 0. The highest BCUT2D eigenvalue weighted by Gasteiger charge is 2.71. The summed E-state index contributed by atoms with van der Waals surface area (Å²) < 4.78 is 20.2. The first-order valence-corrected chi connectivity index (χ1v) is 15.4. The third-order valence-electron chi connectivity index (χ3n) is 9.32. The minimum atomic E-state index is -2.22. The Morgan fingerprint density at radius 1 is 0.884 bits per heavy atom. The van der Waals surface area contributed by atoms with E-state index >= 15 is 0 Å². The maximum Gasteiger partial charge on any atom is 0.586 e. The van der Waals surface area contributed by atoms with Gasteiger partial charge in [-0.2, -0.15) is 0 Å². The second-order valence-corrected chi connectivity index (χ2v) is 11.9. The Labute approximate surface area is 253 Å². The van der Waals surface area contributed by atoms with Gasteiger partial charge in [-0.1, -0.05) is 91.1 Å². The van der Waals surface area contributed by atoms with Crippen molar-refractivity contribution in [1.82, 2.24) is 9.97 Å². The normalized spacial score (nSPS) is 27.0. The van der Waals surface area contributed by atoms with Gasteiger partial charge < -0.3 is 18.5 Å². The molecule has 3 aromatic carbocycles. The van der Waals surface area contributed by atoms with Gasteiger partial charge in [0.05, 0.1) is 13.7 Å². The number of quaternary nitrogens is 1. The fourth-order valence-corrected chi connectivity index (χ4v) is 7.24. The van der Waals surface area contributed by atoms with Gasteiger partial charge in [-0.15, -0.1) is 0 Å². The van der Waals surface area contributed by atoms with Crippen LogP contribution in [0.4, 0.5) is 0 Å². The van der Waals surface area contributed by atoms with E-state index in [1.807, 2.05) is 48.8 Å². The van der Waals surface area contributed by atoms with Crippen molar-refractivity contribution in [3.8, 4) is 5.75 Å². The van der Waals surface area contributed by atoms with E-state index < -0.39 is 6.69 Å². The predicted octanol–water partition coefficient (Wildman–Crippen LogP) is 6.27. The molecule has 2 aliphatic heterocycles. The van der Waals surface area contributed by atoms with E-state index in [-0.39, 0.29) is 12.1 Å². The average Bonchev–Trinajstić information content (AvgIpc) is 3.54. The molecule has 8 heteroatoms. The van der Waals surface area contributed by atoms with Gasteiger partial charge in [-0.3, -0.25) is 0 Å². The van der Waals surface area contributed by atoms with Gasteiger partial charge in [0.25, 0.3) is 0 Å². The SMILES string of the molecule is COc1ccc(C2=N[N@+]3(CC4CCCCC4)[C@@H](/C=C/c4ccccc4)[C@@H](c4ccccc4)O[B-]3(c3cncnc3)O2)cc1. The zero-order valence-corrected chi connectivity index (χ0v) is 24.5. The Balaban J connectivity index is 1.45. The first kappa shape index (κ1) is 27.6. The molecule has 4 atom stereocenters. The van der Waals surface area contributed by atoms with Crippen LogP contribution in [0.25, 0.3) is 6.08 Å². The van der Waals surface area contributed by atoms with E-state index in [9.17, 15) is 0 Å². The number of nitrogens with zero attached hydrogens (tertiary/aromatic N) is 4. The highest BCUT2D eigenvalue weighted by atomic mass is 16.7. The molecule has 1 saturated heterocycles. The summed E-state index contributed by atoms with van der Waals surface area (Å²) in [4.78, 5) is 8.90. The first-order chi connectivity index (χ1) is 21.2. The van der Waals surface area contributed by atoms with Gasteiger partial charge in [-0.05, 0) is 59.8 Å². The van der Waals surface area contributed by atoms with Crippen LogP contribution in [0.2, 0.25) is 0 Å². The molecule has 7 nitrogen and oxygen atoms in total. The Kier molecular flexibility index (Phi) is 7.55. The maximum absolute atomic E-state index is 7.33. The van der Waals surface area contributed by atoms with Crippen molar-refractivity contribution in [3.63, 3.8) is 0 Å². The Morgan fingerprint density at radius 2 is 1.58 bits per heavy atom. The largest absolute Gasteiger partial charge is 0.618 e. The van der Waals surface area contributed by atoms with Gasteiger partial charge in [0.15, 0.2) is 0 Å². The molecule has 0 amide bonds. The number of benzene rings is 3. The fourth-order valence-electron chi connectivity index (χ4n) is 7.24. The molecule has 0 N–H and O–H groups in total. The molecule has 3 heterocycles. The molecule has 3 aliphatic rings. The smallest absolute Gasteiger partial charge is 0.586 e. The highest BCUT2D eigenvalue weighted by Crippen LogP contribution is 2.51. The molecule has 1 unspecified atom stereocenters. The number of ether oxygens (including phenoxy) is 1. The standard InChI is InChI=1S/C35H37BN4O3/c1-41-32-20-18-30(19-21-32)35-39-40(25-28-13-7-3-8-14-28)33(22-17-27-11-5-2-6-12-27)34(29-15-9-4-10-16-29)42-36(40,43-35)31-23-37-26-38-24-31/h2,4-6,9-12,15-24,26,28,33-34H,3,7-8,13-14,25H2,1H3/b22-17+/t33-,34+,36?,40+/m0/s1. The van der Waals surface area contributed by atoms with Crippen molar-refractivity contribution in [2.75, 3.05) is 13.7 Å². The summed E-state index contributed by atoms with van der Waals surface area (Å²) in [7, 11) is 1.67. The van der Waals surface area contributed by atoms with Crippen molar-refractivity contribution >= 4 is 24.1 Å². The predicted molar refractivity (Wildman–Crippen MR) is 169 cm³/mol. The van der Waals surface area contributed by atoms with Crippen LogP contribution in [-0.2, 0) is 9.31 Å². The molecule has 2 fully saturated rings. The van der Waals surface area contributed by atoms with Crippen LogP contribution in [0.5, 0.6) is 5.75 Å². The molecule has 7 rings (SSSR count). The van der Waals surface area contributed by atoms with Crippen LogP contribution in [0.3, 0.4) is 0 Å². The van der Waals surface area contributed by atoms with Crippen LogP contribution in [-0.4, -0.2) is 46.8 Å². The fraction of sp³-hybridized carbons (Fsp3) is 0.286. The molecule has 43 heavy (non-hydrogen) atoms. The van der Waals surface area contributed by atoms with Crippen LogP contribution in [0, 0.1) is 5.92 Å². The van der Waals surface area contributed by atoms with Crippen molar-refractivity contribution < 1.29 is 18.5 Å². The van der Waals surface area contributed by atoms with Gasteiger partial charge in [-0.25, -0.2) is 9.97 Å². The molecule has 0 bridgehead atoms. The highest BCUT2D eigenvalue weighted by molar-refractivity contribution is 6.77. The summed E-state index contributed by atoms with van der Waals surface area (Å²) in [5, 5.41) is 5.61. The summed E-state index contributed by atoms with van der Waals surface area (Å²) in [6.45, 7) is -1.42. The molecule has 1 aliphatic carbocycles. The summed E-state index contributed by atoms with van der Waals surface area (Å²) in [6.07, 6.45) is 15.6.